The standard InChI is InChI=1S/C22H31N5O2S.HI/c1-3-23-22(26-20-11-14-27(15-12-20)30(28,29)4-2)25-17-18-8-7-9-19(16-18)21-10-5-6-13-24-21;/h5-10,13,16,20H,3-4,11-12,14-15,17H2,1-2H3,(H2,23,25,26);1H. The normalized spacial score (nSPS) is 15.9. The zero-order valence-corrected chi connectivity index (χ0v) is 21.3. The van der Waals surface area contributed by atoms with Crippen LogP contribution in [0.15, 0.2) is 53.7 Å². The lowest BCUT2D eigenvalue weighted by molar-refractivity contribution is 0.306. The van der Waals surface area contributed by atoms with Crippen LogP contribution in [0.25, 0.3) is 11.3 Å². The number of benzene rings is 1. The first kappa shape index (κ1) is 25.5. The van der Waals surface area contributed by atoms with Gasteiger partial charge in [0.15, 0.2) is 5.96 Å². The zero-order valence-electron chi connectivity index (χ0n) is 18.1. The number of hydrogen-bond acceptors (Lipinski definition) is 4. The number of aromatic nitrogens is 1. The second-order valence-corrected chi connectivity index (χ2v) is 9.59. The van der Waals surface area contributed by atoms with E-state index in [-0.39, 0.29) is 35.8 Å². The van der Waals surface area contributed by atoms with Crippen LogP contribution in [0.2, 0.25) is 0 Å². The lowest BCUT2D eigenvalue weighted by atomic mass is 10.1. The summed E-state index contributed by atoms with van der Waals surface area (Å²) in [7, 11) is -3.10. The van der Waals surface area contributed by atoms with E-state index in [0.29, 0.717) is 19.6 Å². The van der Waals surface area contributed by atoms with Gasteiger partial charge < -0.3 is 10.6 Å². The molecule has 9 heteroatoms. The molecule has 0 saturated carbocycles. The van der Waals surface area contributed by atoms with Gasteiger partial charge in [0.1, 0.15) is 0 Å². The molecular weight excluding hydrogens is 525 g/mol. The summed E-state index contributed by atoms with van der Waals surface area (Å²) in [5, 5.41) is 6.76. The number of nitrogens with zero attached hydrogens (tertiary/aromatic N) is 3. The van der Waals surface area contributed by atoms with Crippen molar-refractivity contribution < 1.29 is 8.42 Å². The fraction of sp³-hybridized carbons (Fsp3) is 0.455. The Balaban J connectivity index is 0.00000341. The predicted octanol–water partition coefficient (Wildman–Crippen LogP) is 3.24. The Morgan fingerprint density at radius 3 is 2.58 bits per heavy atom. The van der Waals surface area contributed by atoms with Crippen LogP contribution >= 0.6 is 24.0 Å². The zero-order chi connectivity index (χ0) is 21.4. The SMILES string of the molecule is CCNC(=NCc1cccc(-c2ccccn2)c1)NC1CCN(S(=O)(=O)CC)CC1.I. The molecule has 0 atom stereocenters. The Kier molecular flexibility index (Phi) is 10.2. The van der Waals surface area contributed by atoms with Crippen molar-refractivity contribution in [3.8, 4) is 11.3 Å². The van der Waals surface area contributed by atoms with Crippen molar-refractivity contribution in [1.29, 1.82) is 0 Å². The molecule has 1 aliphatic heterocycles. The van der Waals surface area contributed by atoms with Crippen molar-refractivity contribution in [2.75, 3.05) is 25.4 Å². The number of aliphatic imine (C=N–C) groups is 1. The van der Waals surface area contributed by atoms with Crippen LogP contribution in [-0.4, -0.2) is 55.1 Å². The monoisotopic (exact) mass is 557 g/mol. The molecule has 1 aromatic heterocycles. The van der Waals surface area contributed by atoms with Crippen LogP contribution < -0.4 is 10.6 Å². The van der Waals surface area contributed by atoms with Gasteiger partial charge in [-0.3, -0.25) is 4.98 Å². The highest BCUT2D eigenvalue weighted by Gasteiger charge is 2.26. The van der Waals surface area contributed by atoms with E-state index in [2.05, 4.69) is 33.8 Å². The minimum absolute atomic E-state index is 0. The van der Waals surface area contributed by atoms with Gasteiger partial charge in [-0.25, -0.2) is 17.7 Å². The number of nitrogens with one attached hydrogen (secondary N) is 2. The molecule has 0 bridgehead atoms. The maximum absolute atomic E-state index is 12.0. The summed E-state index contributed by atoms with van der Waals surface area (Å²) >= 11 is 0. The van der Waals surface area contributed by atoms with E-state index in [0.717, 1.165) is 42.2 Å². The Morgan fingerprint density at radius 2 is 1.94 bits per heavy atom. The molecule has 1 aromatic carbocycles. The maximum Gasteiger partial charge on any atom is 0.213 e. The van der Waals surface area contributed by atoms with Gasteiger partial charge in [0.25, 0.3) is 0 Å². The molecule has 0 spiro atoms. The van der Waals surface area contributed by atoms with Crippen LogP contribution in [0.3, 0.4) is 0 Å². The number of rotatable bonds is 7. The number of sulfonamides is 1. The highest BCUT2D eigenvalue weighted by atomic mass is 127. The van der Waals surface area contributed by atoms with E-state index in [1.54, 1.807) is 17.4 Å². The van der Waals surface area contributed by atoms with Crippen LogP contribution in [0, 0.1) is 0 Å². The number of piperidine rings is 1. The van der Waals surface area contributed by atoms with Gasteiger partial charge in [-0.05, 0) is 50.5 Å². The predicted molar refractivity (Wildman–Crippen MR) is 137 cm³/mol. The van der Waals surface area contributed by atoms with E-state index in [1.807, 2.05) is 31.2 Å². The summed E-state index contributed by atoms with van der Waals surface area (Å²) in [6.07, 6.45) is 3.35. The third kappa shape index (κ3) is 7.43. The Labute approximate surface area is 202 Å². The van der Waals surface area contributed by atoms with Gasteiger partial charge in [0.05, 0.1) is 18.0 Å². The van der Waals surface area contributed by atoms with Crippen molar-refractivity contribution in [3.05, 3.63) is 54.2 Å². The molecule has 1 saturated heterocycles. The molecule has 1 aliphatic rings. The van der Waals surface area contributed by atoms with E-state index < -0.39 is 10.0 Å². The highest BCUT2D eigenvalue weighted by Crippen LogP contribution is 2.18. The summed E-state index contributed by atoms with van der Waals surface area (Å²) in [5.74, 6) is 0.921. The van der Waals surface area contributed by atoms with E-state index >= 15 is 0 Å². The molecule has 7 nitrogen and oxygen atoms in total. The third-order valence-electron chi connectivity index (χ3n) is 5.20. The largest absolute Gasteiger partial charge is 0.357 e. The van der Waals surface area contributed by atoms with Gasteiger partial charge in [-0.15, -0.1) is 24.0 Å². The van der Waals surface area contributed by atoms with Crippen LogP contribution in [0.4, 0.5) is 0 Å². The minimum atomic E-state index is -3.10. The van der Waals surface area contributed by atoms with Gasteiger partial charge >= 0.3 is 0 Å². The quantitative estimate of drug-likeness (QED) is 0.310. The molecule has 0 aliphatic carbocycles. The molecule has 0 radical (unpaired) electrons. The first-order chi connectivity index (χ1) is 14.5. The lowest BCUT2D eigenvalue weighted by Crippen LogP contribution is -2.50. The third-order valence-corrected chi connectivity index (χ3v) is 7.09. The topological polar surface area (TPSA) is 86.7 Å². The first-order valence-electron chi connectivity index (χ1n) is 10.5. The maximum atomic E-state index is 12.0. The fourth-order valence-corrected chi connectivity index (χ4v) is 4.64. The molecule has 1 fully saturated rings. The average molecular weight is 558 g/mol. The molecule has 2 aromatic rings. The lowest BCUT2D eigenvalue weighted by Gasteiger charge is -2.32. The van der Waals surface area contributed by atoms with Crippen molar-refractivity contribution >= 4 is 40.0 Å². The smallest absolute Gasteiger partial charge is 0.213 e. The molecule has 0 amide bonds. The summed E-state index contributed by atoms with van der Waals surface area (Å²) in [4.78, 5) is 9.15. The molecule has 170 valence electrons. The second-order valence-electron chi connectivity index (χ2n) is 7.33. The van der Waals surface area contributed by atoms with Crippen LogP contribution in [0.5, 0.6) is 0 Å². The number of guanidine groups is 1. The molecule has 2 heterocycles. The Bertz CT molecular complexity index is 945. The molecular formula is C22H32IN5O2S. The molecule has 3 rings (SSSR count). The first-order valence-corrected chi connectivity index (χ1v) is 12.2. The number of pyridine rings is 1. The van der Waals surface area contributed by atoms with Crippen molar-refractivity contribution in [2.45, 2.75) is 39.3 Å². The summed E-state index contributed by atoms with van der Waals surface area (Å²) in [5.41, 5.74) is 3.13. The number of hydrogen-bond donors (Lipinski definition) is 2. The van der Waals surface area contributed by atoms with Gasteiger partial charge in [-0.2, -0.15) is 0 Å². The van der Waals surface area contributed by atoms with E-state index in [1.165, 1.54) is 0 Å². The average Bonchev–Trinajstić information content (AvgIpc) is 2.79. The van der Waals surface area contributed by atoms with Crippen molar-refractivity contribution in [1.82, 2.24) is 19.9 Å². The molecule has 31 heavy (non-hydrogen) atoms. The highest BCUT2D eigenvalue weighted by molar-refractivity contribution is 14.0. The van der Waals surface area contributed by atoms with Crippen LogP contribution in [-0.2, 0) is 16.6 Å². The fourth-order valence-electron chi connectivity index (χ4n) is 3.51. The molecule has 0 unspecified atom stereocenters. The number of halogens is 1. The minimum Gasteiger partial charge on any atom is -0.357 e. The second kappa shape index (κ2) is 12.4. The Hall–Kier alpha value is -1.72. The summed E-state index contributed by atoms with van der Waals surface area (Å²) < 4.78 is 25.7. The van der Waals surface area contributed by atoms with E-state index in [4.69, 9.17) is 4.99 Å². The Morgan fingerprint density at radius 1 is 1.16 bits per heavy atom. The molecule has 2 N–H and O–H groups in total. The van der Waals surface area contributed by atoms with Crippen LogP contribution in [0.1, 0.15) is 32.3 Å². The van der Waals surface area contributed by atoms with Crippen molar-refractivity contribution in [2.24, 2.45) is 4.99 Å². The summed E-state index contributed by atoms with van der Waals surface area (Å²) in [6, 6.07) is 14.4. The van der Waals surface area contributed by atoms with Gasteiger partial charge in [-0.1, -0.05) is 24.3 Å². The summed E-state index contributed by atoms with van der Waals surface area (Å²) in [6.45, 7) is 6.16. The van der Waals surface area contributed by atoms with Gasteiger partial charge in [0, 0.05) is 37.4 Å². The van der Waals surface area contributed by atoms with Gasteiger partial charge in [0.2, 0.25) is 10.0 Å². The van der Waals surface area contributed by atoms with Crippen molar-refractivity contribution in [3.63, 3.8) is 0 Å². The van der Waals surface area contributed by atoms with E-state index in [9.17, 15) is 8.42 Å².